The molecule has 1 aliphatic rings. The third-order valence-corrected chi connectivity index (χ3v) is 8.06. The first-order chi connectivity index (χ1) is 23.2. The van der Waals surface area contributed by atoms with E-state index in [1.54, 1.807) is 84.9 Å². The number of hydrogen-bond acceptors (Lipinski definition) is 9. The number of benzene rings is 5. The highest BCUT2D eigenvalue weighted by molar-refractivity contribution is 5.91. The summed E-state index contributed by atoms with van der Waals surface area (Å²) in [6.45, 7) is 0. The van der Waals surface area contributed by atoms with Crippen LogP contribution < -0.4 is 0 Å². The average Bonchev–Trinajstić information content (AvgIpc) is 3.09. The van der Waals surface area contributed by atoms with Crippen LogP contribution in [0.4, 0.5) is 11.4 Å². The van der Waals surface area contributed by atoms with Crippen molar-refractivity contribution in [3.05, 3.63) is 126 Å². The molecule has 0 spiro atoms. The molecule has 6 aromatic rings. The van der Waals surface area contributed by atoms with Gasteiger partial charge in [0.15, 0.2) is 0 Å². The zero-order valence-electron chi connectivity index (χ0n) is 25.1. The number of aromatic hydroxyl groups is 6. The van der Waals surface area contributed by atoms with Gasteiger partial charge < -0.3 is 30.6 Å². The first-order valence-electron chi connectivity index (χ1n) is 14.8. The van der Waals surface area contributed by atoms with Gasteiger partial charge in [0.1, 0.15) is 40.1 Å². The molecule has 48 heavy (non-hydrogen) atoms. The van der Waals surface area contributed by atoms with Gasteiger partial charge in [0, 0.05) is 46.4 Å². The maximum absolute atomic E-state index is 10.6. The number of pyridine rings is 1. The fourth-order valence-electron chi connectivity index (χ4n) is 5.37. The average molecular weight is 634 g/mol. The zero-order valence-corrected chi connectivity index (χ0v) is 25.1. The second-order valence-corrected chi connectivity index (χ2v) is 11.2. The van der Waals surface area contributed by atoms with Crippen LogP contribution in [0.1, 0.15) is 22.3 Å². The molecular formula is C39H27N3O6. The van der Waals surface area contributed by atoms with E-state index in [1.807, 2.05) is 0 Å². The summed E-state index contributed by atoms with van der Waals surface area (Å²) < 4.78 is 0. The molecule has 0 radical (unpaired) electrons. The molecule has 0 unspecified atom stereocenters. The van der Waals surface area contributed by atoms with Crippen LogP contribution in [0.25, 0.3) is 45.5 Å². The van der Waals surface area contributed by atoms with Crippen molar-refractivity contribution >= 4 is 36.0 Å². The van der Waals surface area contributed by atoms with Crippen molar-refractivity contribution in [1.29, 1.82) is 0 Å². The van der Waals surface area contributed by atoms with Crippen LogP contribution in [0, 0.1) is 0 Å². The van der Waals surface area contributed by atoms with E-state index in [1.165, 1.54) is 42.9 Å². The fraction of sp³-hybridized carbons (Fsp3) is 0. The normalized spacial score (nSPS) is 12.0. The number of aliphatic imine (C=N–C) groups is 2. The van der Waals surface area contributed by atoms with Crippen molar-refractivity contribution in [3.8, 4) is 68.0 Å². The highest BCUT2D eigenvalue weighted by Gasteiger charge is 2.12. The van der Waals surface area contributed by atoms with Crippen LogP contribution in [0.3, 0.4) is 0 Å². The van der Waals surface area contributed by atoms with E-state index in [2.05, 4.69) is 15.0 Å². The number of fused-ring (bicyclic) bond motifs is 15. The van der Waals surface area contributed by atoms with E-state index in [9.17, 15) is 30.6 Å². The maximum atomic E-state index is 10.6. The molecule has 1 aliphatic heterocycles. The third-order valence-electron chi connectivity index (χ3n) is 8.06. The highest BCUT2D eigenvalue weighted by Crippen LogP contribution is 2.37. The second-order valence-electron chi connectivity index (χ2n) is 11.2. The van der Waals surface area contributed by atoms with Gasteiger partial charge in [-0.05, 0) is 101 Å². The molecule has 1 aromatic heterocycles. The van der Waals surface area contributed by atoms with Crippen molar-refractivity contribution < 1.29 is 30.6 Å². The van der Waals surface area contributed by atoms with Crippen LogP contribution in [0.15, 0.2) is 113 Å². The van der Waals surface area contributed by atoms with E-state index in [0.717, 1.165) is 5.56 Å². The SMILES string of the molecule is Oc1ccc2cc1C=Nc1cc(ccc1O)-c1ccc(O)c(c1)C=Nc1cc(ccc1O)-c1ccc(O)c(c1)C=Cc1cc-2cnc1O. The molecule has 234 valence electrons. The summed E-state index contributed by atoms with van der Waals surface area (Å²) in [5, 5.41) is 63.7. The summed E-state index contributed by atoms with van der Waals surface area (Å²) in [4.78, 5) is 13.1. The Morgan fingerprint density at radius 2 is 0.729 bits per heavy atom. The third kappa shape index (κ3) is 5.91. The Morgan fingerprint density at radius 1 is 0.354 bits per heavy atom. The lowest BCUT2D eigenvalue weighted by atomic mass is 10.00. The zero-order chi connectivity index (χ0) is 33.4. The van der Waals surface area contributed by atoms with E-state index < -0.39 is 0 Å². The van der Waals surface area contributed by atoms with Gasteiger partial charge in [-0.3, -0.25) is 9.98 Å². The van der Waals surface area contributed by atoms with Gasteiger partial charge in [-0.1, -0.05) is 36.4 Å². The predicted molar refractivity (Wildman–Crippen MR) is 187 cm³/mol. The molecule has 2 heterocycles. The van der Waals surface area contributed by atoms with Crippen LogP contribution >= 0.6 is 0 Å². The minimum absolute atomic E-state index is 0.0192. The van der Waals surface area contributed by atoms with Gasteiger partial charge in [-0.25, -0.2) is 4.98 Å². The number of nitrogens with zero attached hydrogens (tertiary/aromatic N) is 3. The summed E-state index contributed by atoms with van der Waals surface area (Å²) >= 11 is 0. The van der Waals surface area contributed by atoms with E-state index in [4.69, 9.17) is 0 Å². The standard InChI is InChI=1S/C39H27N3O6/c43-34-8-3-22-13-27(34)1-2-28-16-29(19-42-39(28)48)24-5-10-36(45)31(15-24)21-41-33-18-26(7-12-38(33)47)23-4-9-35(44)30(14-23)20-40-32-17-25(22)6-11-37(32)46/h1-21,43-47H,(H,42,48). The molecule has 0 atom stereocenters. The van der Waals surface area contributed by atoms with Gasteiger partial charge in [-0.2, -0.15) is 0 Å². The Kier molecular flexibility index (Phi) is 7.54. The molecular weight excluding hydrogens is 606 g/mol. The Labute approximate surface area is 274 Å². The van der Waals surface area contributed by atoms with Gasteiger partial charge in [0.2, 0.25) is 5.88 Å². The van der Waals surface area contributed by atoms with Crippen LogP contribution in [0.2, 0.25) is 0 Å². The summed E-state index contributed by atoms with van der Waals surface area (Å²) in [6, 6.07) is 26.6. The van der Waals surface area contributed by atoms with Crippen molar-refractivity contribution in [2.24, 2.45) is 9.98 Å². The number of rotatable bonds is 0. The Morgan fingerprint density at radius 3 is 1.25 bits per heavy atom. The Hall–Kier alpha value is -6.87. The lowest BCUT2D eigenvalue weighted by molar-refractivity contribution is 0.452. The molecule has 0 saturated carbocycles. The molecule has 0 fully saturated rings. The molecule has 9 nitrogen and oxygen atoms in total. The van der Waals surface area contributed by atoms with E-state index in [0.29, 0.717) is 50.1 Å². The largest absolute Gasteiger partial charge is 0.507 e. The Bertz CT molecular complexity index is 1910. The molecule has 7 rings (SSSR count). The van der Waals surface area contributed by atoms with Crippen molar-refractivity contribution in [1.82, 2.24) is 4.98 Å². The number of phenolic OH excluding ortho intramolecular Hbond substituents is 5. The number of aromatic nitrogens is 1. The molecule has 5 aromatic carbocycles. The van der Waals surface area contributed by atoms with Gasteiger partial charge in [0.25, 0.3) is 0 Å². The lowest BCUT2D eigenvalue weighted by Gasteiger charge is -2.09. The maximum Gasteiger partial charge on any atom is 0.218 e. The molecule has 9 heteroatoms. The molecule has 6 N–H and O–H groups in total. The van der Waals surface area contributed by atoms with Gasteiger partial charge in [-0.15, -0.1) is 0 Å². The number of hydrogen-bond donors (Lipinski definition) is 6. The highest BCUT2D eigenvalue weighted by atomic mass is 16.3. The Balaban J connectivity index is 1.42. The second kappa shape index (κ2) is 12.1. The molecule has 0 amide bonds. The summed E-state index contributed by atoms with van der Waals surface area (Å²) in [7, 11) is 0. The fourth-order valence-corrected chi connectivity index (χ4v) is 5.37. The monoisotopic (exact) mass is 633 g/mol. The van der Waals surface area contributed by atoms with Crippen molar-refractivity contribution in [2.75, 3.05) is 0 Å². The molecule has 0 saturated heterocycles. The topological polar surface area (TPSA) is 159 Å². The summed E-state index contributed by atoms with van der Waals surface area (Å²) in [5.74, 6) is -0.373. The van der Waals surface area contributed by atoms with Crippen LogP contribution in [-0.4, -0.2) is 48.1 Å². The van der Waals surface area contributed by atoms with Gasteiger partial charge >= 0.3 is 0 Å². The smallest absolute Gasteiger partial charge is 0.218 e. The molecule has 12 bridgehead atoms. The first-order valence-corrected chi connectivity index (χ1v) is 14.8. The summed E-state index contributed by atoms with van der Waals surface area (Å²) in [5.41, 5.74) is 6.36. The van der Waals surface area contributed by atoms with Gasteiger partial charge in [0.05, 0.1) is 0 Å². The van der Waals surface area contributed by atoms with Crippen LogP contribution in [-0.2, 0) is 0 Å². The number of phenols is 5. The van der Waals surface area contributed by atoms with E-state index in [-0.39, 0.29) is 46.0 Å². The molecule has 0 aliphatic carbocycles. The predicted octanol–water partition coefficient (Wildman–Crippen LogP) is 8.30. The first kappa shape index (κ1) is 29.8. The van der Waals surface area contributed by atoms with Crippen LogP contribution in [0.5, 0.6) is 34.6 Å². The lowest BCUT2D eigenvalue weighted by Crippen LogP contribution is -1.89. The summed E-state index contributed by atoms with van der Waals surface area (Å²) in [6.07, 6.45) is 7.69. The minimum Gasteiger partial charge on any atom is -0.507 e. The van der Waals surface area contributed by atoms with E-state index >= 15 is 0 Å². The van der Waals surface area contributed by atoms with Crippen molar-refractivity contribution in [3.63, 3.8) is 0 Å². The van der Waals surface area contributed by atoms with Crippen molar-refractivity contribution in [2.45, 2.75) is 0 Å². The quantitative estimate of drug-likeness (QED) is 0.0980. The minimum atomic E-state index is -0.208.